The van der Waals surface area contributed by atoms with E-state index in [9.17, 15) is 13.7 Å². The molecule has 464 valence electrons. The molecule has 0 saturated carbocycles. The lowest BCUT2D eigenvalue weighted by Gasteiger charge is -2.45. The van der Waals surface area contributed by atoms with Gasteiger partial charge in [0, 0.05) is 71.9 Å². The number of nitrogens with zero attached hydrogens (tertiary/aromatic N) is 4. The molecule has 2 aliphatic heterocycles. The first-order valence-electron chi connectivity index (χ1n) is 40.0. The van der Waals surface area contributed by atoms with Crippen LogP contribution in [0.15, 0.2) is 339 Å². The molecule has 20 rings (SSSR count). The highest BCUT2D eigenvalue weighted by molar-refractivity contribution is 7.00. The number of aromatic nitrogens is 2. The van der Waals surface area contributed by atoms with Gasteiger partial charge in [-0.15, -0.1) is 0 Å². The normalized spacial score (nSPS) is 14.6. The molecule has 99 heavy (non-hydrogen) atoms. The van der Waals surface area contributed by atoms with Crippen LogP contribution in [0.2, 0.25) is 0 Å². The van der Waals surface area contributed by atoms with Crippen molar-refractivity contribution in [2.24, 2.45) is 0 Å². The number of rotatable bonds is 7. The number of benzene rings is 15. The van der Waals surface area contributed by atoms with E-state index in [-0.39, 0.29) is 39.5 Å². The van der Waals surface area contributed by atoms with E-state index in [0.717, 1.165) is 138 Å². The fraction of sp³-hybridized carbons (Fsp3) is 0.0426. The van der Waals surface area contributed by atoms with E-state index in [1.165, 1.54) is 0 Å². The second kappa shape index (κ2) is 22.1. The summed E-state index contributed by atoms with van der Waals surface area (Å²) in [6, 6.07) is 84.7. The first-order chi connectivity index (χ1) is 54.2. The standard InChI is InChI=1S/C94H65BN4/c1-94(2,3)66-56-78(63-31-12-6-13-32-63)92(79(57-66)64-33-14-7-15-34-64)99-85-55-65(61-29-10-5-11-30-61)49-53-80(85)95-81-54-52-68(97-82-44-23-21-40-74(82)75-41-22-24-45-83(75)97)58-86(81)96(67-50-47-62(48-51-67)60-27-8-4-9-28-60)88-59-87-89(93(99)90(88)95)77-43-26-42-76-72-38-19-17-36-70(72)69-35-16-18-37-71(69)73-39-20-25-46-84(73)98(87)91(76)77/h4-59H,1-3H3/i5D,10D,11D,21D,22D,23D,24D,29D,30D,40D,41D,44D,45D. The van der Waals surface area contributed by atoms with Crippen LogP contribution >= 0.6 is 0 Å². The lowest BCUT2D eigenvalue weighted by atomic mass is 9.33. The zero-order chi connectivity index (χ0) is 76.9. The molecule has 0 saturated heterocycles. The molecule has 0 unspecified atom stereocenters. The van der Waals surface area contributed by atoms with Crippen LogP contribution < -0.4 is 26.2 Å². The predicted molar refractivity (Wildman–Crippen MR) is 423 cm³/mol. The van der Waals surface area contributed by atoms with Crippen LogP contribution in [0.5, 0.6) is 0 Å². The number of para-hydroxylation sites is 4. The molecule has 5 heterocycles. The van der Waals surface area contributed by atoms with Crippen molar-refractivity contribution in [3.63, 3.8) is 0 Å². The Kier molecular flexibility index (Phi) is 10.0. The molecule has 0 amide bonds. The molecule has 5 heteroatoms. The third-order valence-corrected chi connectivity index (χ3v) is 20.5. The third-order valence-electron chi connectivity index (χ3n) is 20.5. The van der Waals surface area contributed by atoms with Crippen LogP contribution in [-0.2, 0) is 5.41 Å². The fourth-order valence-corrected chi connectivity index (χ4v) is 16.2. The molecular formula is C94H65BN4. The van der Waals surface area contributed by atoms with Crippen LogP contribution in [0.25, 0.3) is 132 Å². The Labute approximate surface area is 593 Å². The van der Waals surface area contributed by atoms with Gasteiger partial charge in [-0.2, -0.15) is 0 Å². The molecule has 18 aromatic rings. The molecule has 0 aliphatic carbocycles. The molecule has 0 spiro atoms. The minimum atomic E-state index is -0.721. The molecule has 3 aromatic heterocycles. The Morgan fingerprint density at radius 3 is 1.42 bits per heavy atom. The Morgan fingerprint density at radius 2 is 0.798 bits per heavy atom. The summed E-state index contributed by atoms with van der Waals surface area (Å²) in [6.45, 7) is 5.97. The van der Waals surface area contributed by atoms with E-state index in [4.69, 9.17) is 4.11 Å². The van der Waals surface area contributed by atoms with Gasteiger partial charge in [-0.3, -0.25) is 0 Å². The number of anilines is 6. The lowest BCUT2D eigenvalue weighted by Crippen LogP contribution is -2.61. The van der Waals surface area contributed by atoms with E-state index >= 15 is 0 Å². The number of hydrogen-bond acceptors (Lipinski definition) is 2. The highest BCUT2D eigenvalue weighted by Crippen LogP contribution is 2.56. The largest absolute Gasteiger partial charge is 0.311 e. The second-order valence-corrected chi connectivity index (χ2v) is 26.9. The molecule has 0 bridgehead atoms. The Morgan fingerprint density at radius 1 is 0.313 bits per heavy atom. The fourth-order valence-electron chi connectivity index (χ4n) is 16.2. The predicted octanol–water partition coefficient (Wildman–Crippen LogP) is 23.4. The van der Waals surface area contributed by atoms with Gasteiger partial charge in [-0.05, 0) is 149 Å². The van der Waals surface area contributed by atoms with Crippen LogP contribution in [0.4, 0.5) is 34.1 Å². The highest BCUT2D eigenvalue weighted by atomic mass is 15.2. The molecule has 15 aromatic carbocycles. The van der Waals surface area contributed by atoms with Gasteiger partial charge in [0.15, 0.2) is 0 Å². The molecule has 0 atom stereocenters. The van der Waals surface area contributed by atoms with Crippen LogP contribution in [0.3, 0.4) is 0 Å². The molecule has 0 N–H and O–H groups in total. The summed E-state index contributed by atoms with van der Waals surface area (Å²) in [6.07, 6.45) is 0. The van der Waals surface area contributed by atoms with Gasteiger partial charge in [0.05, 0.1) is 56.8 Å². The number of fused-ring (bicyclic) bond motifs is 18. The quantitative estimate of drug-likeness (QED) is 0.148. The van der Waals surface area contributed by atoms with Gasteiger partial charge in [-0.1, -0.05) is 293 Å². The topological polar surface area (TPSA) is 15.8 Å². The van der Waals surface area contributed by atoms with Crippen molar-refractivity contribution in [2.75, 3.05) is 9.80 Å². The van der Waals surface area contributed by atoms with Crippen molar-refractivity contribution < 1.29 is 17.8 Å². The van der Waals surface area contributed by atoms with Gasteiger partial charge in [0.1, 0.15) is 0 Å². The van der Waals surface area contributed by atoms with Crippen molar-refractivity contribution in [3.8, 4) is 50.2 Å². The van der Waals surface area contributed by atoms with Crippen molar-refractivity contribution in [3.05, 3.63) is 345 Å². The maximum Gasteiger partial charge on any atom is 0.252 e. The Balaban J connectivity index is 1.05. The second-order valence-electron chi connectivity index (χ2n) is 26.9. The zero-order valence-corrected chi connectivity index (χ0v) is 54.2. The molecule has 4 nitrogen and oxygen atoms in total. The summed E-state index contributed by atoms with van der Waals surface area (Å²) in [5.41, 5.74) is 16.6. The Hall–Kier alpha value is -12.4. The van der Waals surface area contributed by atoms with E-state index in [2.05, 4.69) is 229 Å². The van der Waals surface area contributed by atoms with Gasteiger partial charge in [0.25, 0.3) is 6.71 Å². The van der Waals surface area contributed by atoms with Crippen molar-refractivity contribution in [1.29, 1.82) is 0 Å². The Bertz CT molecular complexity index is 7060. The summed E-state index contributed by atoms with van der Waals surface area (Å²) in [5, 5.41) is 7.88. The minimum Gasteiger partial charge on any atom is -0.311 e. The minimum absolute atomic E-state index is 0.0221. The first kappa shape index (κ1) is 45.1. The van der Waals surface area contributed by atoms with Gasteiger partial charge in [-0.25, -0.2) is 0 Å². The maximum absolute atomic E-state index is 9.79. The van der Waals surface area contributed by atoms with E-state index in [1.54, 1.807) is 4.57 Å². The summed E-state index contributed by atoms with van der Waals surface area (Å²) in [7, 11) is 0. The smallest absolute Gasteiger partial charge is 0.252 e. The molecular weight excluding hydrogens is 1200 g/mol. The van der Waals surface area contributed by atoms with Gasteiger partial charge < -0.3 is 18.8 Å². The highest BCUT2D eigenvalue weighted by Gasteiger charge is 2.46. The summed E-state index contributed by atoms with van der Waals surface area (Å²) in [5.74, 6) is 0. The number of hydrogen-bond donors (Lipinski definition) is 0. The molecule has 0 fully saturated rings. The maximum atomic E-state index is 9.79. The van der Waals surface area contributed by atoms with Crippen molar-refractivity contribution >= 4 is 139 Å². The van der Waals surface area contributed by atoms with E-state index in [1.807, 2.05) is 66.7 Å². The third kappa shape index (κ3) is 8.67. The first-order valence-corrected chi connectivity index (χ1v) is 33.5. The monoisotopic (exact) mass is 1270 g/mol. The van der Waals surface area contributed by atoms with E-state index in [0.29, 0.717) is 22.6 Å². The van der Waals surface area contributed by atoms with Crippen LogP contribution in [0, 0.1) is 0 Å². The SMILES string of the molecule is [2H]c1c([2H])c([2H])c(-c2ccc3c(c2)N(c2c(-c4ccccc4)cc(C(C)(C)C)cc2-c2ccccc2)c2c4c(cc5c2c2cccc6c7ccccc7c7ccccc7c7ccccc7n5c62)N(c2ccc(-c5ccccc5)cc2)c2cc(-n5c6c([2H])c([2H])c([2H])c([2H])c6c6c([2H])c([2H])c([2H])c([2H])c65)ccc2B34)c([2H])c1[2H]. The zero-order valence-electron chi connectivity index (χ0n) is 67.2. The molecule has 2 aliphatic rings. The van der Waals surface area contributed by atoms with Gasteiger partial charge >= 0.3 is 0 Å². The summed E-state index contributed by atoms with van der Waals surface area (Å²) >= 11 is 0. The van der Waals surface area contributed by atoms with E-state index < -0.39 is 78.6 Å². The van der Waals surface area contributed by atoms with Crippen LogP contribution in [-0.4, -0.2) is 15.7 Å². The average molecular weight is 1270 g/mol. The summed E-state index contributed by atoms with van der Waals surface area (Å²) in [4.78, 5) is 4.70. The van der Waals surface area contributed by atoms with Crippen molar-refractivity contribution in [1.82, 2.24) is 8.97 Å². The summed E-state index contributed by atoms with van der Waals surface area (Å²) < 4.78 is 126. The molecule has 0 radical (unpaired) electrons. The van der Waals surface area contributed by atoms with Gasteiger partial charge in [0.2, 0.25) is 0 Å². The van der Waals surface area contributed by atoms with Crippen LogP contribution in [0.1, 0.15) is 44.2 Å². The lowest BCUT2D eigenvalue weighted by molar-refractivity contribution is 0.591. The van der Waals surface area contributed by atoms with Crippen molar-refractivity contribution in [2.45, 2.75) is 26.2 Å². The average Bonchev–Trinajstić information content (AvgIpc) is 1.59.